The van der Waals surface area contributed by atoms with Crippen LogP contribution in [0.4, 0.5) is 0 Å². The lowest BCUT2D eigenvalue weighted by Gasteiger charge is -2.28. The fraction of sp³-hybridized carbons (Fsp3) is 0.529. The zero-order valence-electron chi connectivity index (χ0n) is 13.8. The Morgan fingerprint density at radius 3 is 2.79 bits per heavy atom. The summed E-state index contributed by atoms with van der Waals surface area (Å²) in [6.07, 6.45) is -0.0174. The minimum absolute atomic E-state index is 0.0174. The molecule has 1 fully saturated rings. The van der Waals surface area contributed by atoms with Crippen LogP contribution in [0.3, 0.4) is 0 Å². The summed E-state index contributed by atoms with van der Waals surface area (Å²) in [6, 6.07) is 7.54. The van der Waals surface area contributed by atoms with Gasteiger partial charge in [0.2, 0.25) is 5.91 Å². The molecule has 1 aromatic rings. The predicted octanol–water partition coefficient (Wildman–Crippen LogP) is 3.42. The number of hydrogen-bond acceptors (Lipinski definition) is 4. The normalized spacial score (nSPS) is 20.8. The number of carbonyl (C=O) groups excluding carboxylic acids is 1. The van der Waals surface area contributed by atoms with E-state index in [1.165, 1.54) is 4.90 Å². The van der Waals surface area contributed by atoms with E-state index in [4.69, 9.17) is 4.74 Å². The first-order chi connectivity index (χ1) is 11.4. The Kier molecular flexibility index (Phi) is 6.94. The smallest absolute Gasteiger partial charge is 0.316 e. The third kappa shape index (κ3) is 4.05. The average Bonchev–Trinajstić information content (AvgIpc) is 2.89. The van der Waals surface area contributed by atoms with Crippen molar-refractivity contribution >= 4 is 42.0 Å². The Balaban J connectivity index is 2.27. The van der Waals surface area contributed by atoms with E-state index in [9.17, 15) is 14.7 Å². The number of aliphatic carboxylic acids is 1. The molecular weight excluding hydrogens is 441 g/mol. The number of likely N-dealkylation sites (tertiary alicyclic amines) is 1. The quantitative estimate of drug-likeness (QED) is 0.473. The molecule has 5 nitrogen and oxygen atoms in total. The van der Waals surface area contributed by atoms with Gasteiger partial charge in [0.1, 0.15) is 12.1 Å². The van der Waals surface area contributed by atoms with Gasteiger partial charge < -0.3 is 14.7 Å². The minimum atomic E-state index is -1.20. The number of rotatable bonds is 8. The van der Waals surface area contributed by atoms with Crippen molar-refractivity contribution in [3.8, 4) is 0 Å². The molecule has 24 heavy (non-hydrogen) atoms. The molecule has 1 aromatic carbocycles. The van der Waals surface area contributed by atoms with Crippen LogP contribution in [0.15, 0.2) is 24.3 Å². The van der Waals surface area contributed by atoms with Gasteiger partial charge in [-0.3, -0.25) is 9.59 Å². The summed E-state index contributed by atoms with van der Waals surface area (Å²) in [5, 5.41) is 9.94. The molecular formula is C17H22INO4S. The van der Waals surface area contributed by atoms with E-state index >= 15 is 0 Å². The number of ether oxygens (including phenoxy) is 1. The van der Waals surface area contributed by atoms with Gasteiger partial charge >= 0.3 is 5.97 Å². The van der Waals surface area contributed by atoms with Crippen molar-refractivity contribution in [3.63, 3.8) is 0 Å². The molecule has 0 radical (unpaired) electrons. The fourth-order valence-electron chi connectivity index (χ4n) is 3.10. The molecule has 2 rings (SSSR count). The van der Waals surface area contributed by atoms with Crippen LogP contribution < -0.4 is 0 Å². The number of benzene rings is 1. The van der Waals surface area contributed by atoms with Gasteiger partial charge in [-0.2, -0.15) is 0 Å². The van der Waals surface area contributed by atoms with Crippen molar-refractivity contribution in [1.29, 1.82) is 0 Å². The van der Waals surface area contributed by atoms with E-state index < -0.39 is 11.4 Å². The molecule has 0 bridgehead atoms. The van der Waals surface area contributed by atoms with Gasteiger partial charge in [-0.25, -0.2) is 0 Å². The van der Waals surface area contributed by atoms with Crippen LogP contribution in [0, 0.1) is 0 Å². The van der Waals surface area contributed by atoms with E-state index in [0.29, 0.717) is 6.61 Å². The van der Waals surface area contributed by atoms with Gasteiger partial charge in [0.25, 0.3) is 0 Å². The van der Waals surface area contributed by atoms with Crippen LogP contribution in [-0.4, -0.2) is 47.5 Å². The van der Waals surface area contributed by atoms with Crippen molar-refractivity contribution in [2.45, 2.75) is 31.6 Å². The molecule has 7 heteroatoms. The lowest BCUT2D eigenvalue weighted by molar-refractivity contribution is -0.143. The van der Waals surface area contributed by atoms with Crippen LogP contribution in [0.5, 0.6) is 0 Å². The molecule has 1 amide bonds. The second-order valence-corrected chi connectivity index (χ2v) is 8.74. The van der Waals surface area contributed by atoms with E-state index in [2.05, 4.69) is 21.2 Å². The van der Waals surface area contributed by atoms with Crippen LogP contribution in [-0.2, 0) is 19.7 Å². The van der Waals surface area contributed by atoms with Gasteiger partial charge in [-0.1, -0.05) is 47.0 Å². The Morgan fingerprint density at radius 2 is 2.17 bits per heavy atom. The monoisotopic (exact) mass is 463 g/mol. The Hall–Kier alpha value is -0.800. The van der Waals surface area contributed by atoms with E-state index in [1.54, 1.807) is 8.93 Å². The maximum atomic E-state index is 12.4. The van der Waals surface area contributed by atoms with Crippen LogP contribution in [0.1, 0.15) is 37.3 Å². The maximum absolute atomic E-state index is 12.4. The molecule has 0 aromatic heterocycles. The number of carboxylic acid groups (broad SMARTS) is 1. The Morgan fingerprint density at radius 1 is 1.46 bits per heavy atom. The van der Waals surface area contributed by atoms with Crippen LogP contribution in [0.25, 0.3) is 0 Å². The van der Waals surface area contributed by atoms with Crippen molar-refractivity contribution < 1.29 is 19.4 Å². The van der Waals surface area contributed by atoms with Crippen LogP contribution in [0.2, 0.25) is 0 Å². The summed E-state index contributed by atoms with van der Waals surface area (Å²) in [5.41, 5.74) is 0.530. The number of amides is 1. The number of carbonyl (C=O) groups is 2. The highest BCUT2D eigenvalue weighted by molar-refractivity contribution is 14.2. The van der Waals surface area contributed by atoms with Crippen molar-refractivity contribution in [3.05, 3.63) is 35.4 Å². The average molecular weight is 463 g/mol. The third-order valence-electron chi connectivity index (χ3n) is 4.33. The largest absolute Gasteiger partial charge is 0.481 e. The first kappa shape index (κ1) is 19.5. The van der Waals surface area contributed by atoms with Crippen LogP contribution >= 0.6 is 30.1 Å². The van der Waals surface area contributed by atoms with Crippen molar-refractivity contribution in [2.75, 3.05) is 25.6 Å². The summed E-state index contributed by atoms with van der Waals surface area (Å²) in [7, 11) is 1.64. The zero-order chi connectivity index (χ0) is 17.7. The molecule has 0 aliphatic carbocycles. The van der Waals surface area contributed by atoms with Gasteiger partial charge in [0.05, 0.1) is 6.61 Å². The zero-order valence-corrected chi connectivity index (χ0v) is 16.8. The summed E-state index contributed by atoms with van der Waals surface area (Å²) in [6.45, 7) is 4.92. The lowest BCUT2D eigenvalue weighted by Crippen LogP contribution is -2.40. The van der Waals surface area contributed by atoms with E-state index in [0.717, 1.165) is 16.9 Å². The van der Waals surface area contributed by atoms with E-state index in [-0.39, 0.29) is 31.5 Å². The molecule has 1 N–H and O–H groups in total. The third-order valence-corrected chi connectivity index (χ3v) is 5.97. The van der Waals surface area contributed by atoms with Crippen molar-refractivity contribution in [2.24, 2.45) is 0 Å². The summed E-state index contributed by atoms with van der Waals surface area (Å²) in [4.78, 5) is 26.0. The minimum Gasteiger partial charge on any atom is -0.481 e. The summed E-state index contributed by atoms with van der Waals surface area (Å²) >= 11 is 2.19. The molecule has 1 aliphatic rings. The van der Waals surface area contributed by atoms with Crippen molar-refractivity contribution in [1.82, 2.24) is 4.90 Å². The lowest BCUT2D eigenvalue weighted by atomic mass is 9.75. The fourth-order valence-corrected chi connectivity index (χ4v) is 3.82. The summed E-state index contributed by atoms with van der Waals surface area (Å²) < 4.78 is 5.50. The number of nitrogens with zero attached hydrogens (tertiary/aromatic N) is 1. The first-order valence-corrected chi connectivity index (χ1v) is 11.4. The molecule has 1 saturated heterocycles. The first-order valence-electron chi connectivity index (χ1n) is 7.84. The number of carboxylic acids is 1. The summed E-state index contributed by atoms with van der Waals surface area (Å²) in [5.74, 6) is -0.0890. The Bertz CT molecular complexity index is 610. The number of hydrogen-bond donors (Lipinski definition) is 1. The highest BCUT2D eigenvalue weighted by atomic mass is 127. The Labute approximate surface area is 158 Å². The van der Waals surface area contributed by atoms with Gasteiger partial charge in [-0.05, 0) is 38.3 Å². The van der Waals surface area contributed by atoms with Gasteiger partial charge in [-0.15, -0.1) is 0 Å². The molecule has 1 unspecified atom stereocenters. The van der Waals surface area contributed by atoms with Gasteiger partial charge in [0, 0.05) is 18.7 Å². The molecule has 0 saturated carbocycles. The molecule has 132 valence electrons. The number of halogens is 1. The van der Waals surface area contributed by atoms with Gasteiger partial charge in [0.15, 0.2) is 0 Å². The molecule has 1 atom stereocenters. The SMILES string of the molecule is CC(C)c1ccccc1C1(C(=O)O)CC(=O)N(COCCSI)C1. The highest BCUT2D eigenvalue weighted by Crippen LogP contribution is 2.39. The topological polar surface area (TPSA) is 66.8 Å². The predicted molar refractivity (Wildman–Crippen MR) is 103 cm³/mol. The molecule has 0 spiro atoms. The second-order valence-electron chi connectivity index (χ2n) is 6.25. The van der Waals surface area contributed by atoms with E-state index in [1.807, 2.05) is 38.1 Å². The molecule has 1 aliphatic heterocycles. The highest BCUT2D eigenvalue weighted by Gasteiger charge is 2.51. The second kappa shape index (κ2) is 8.53. The molecule has 1 heterocycles. The maximum Gasteiger partial charge on any atom is 0.316 e. The standard InChI is InChI=1S/C17H22INO4S/c1-12(2)13-5-3-4-6-14(13)17(16(21)22)9-15(20)19(10-17)11-23-7-8-24-18/h3-6,12H,7-11H2,1-2H3,(H,21,22).